The molecule has 1 aliphatic heterocycles. The Labute approximate surface area is 72.4 Å². The lowest BCUT2D eigenvalue weighted by molar-refractivity contribution is -0.135. The van der Waals surface area contributed by atoms with Crippen LogP contribution in [0.25, 0.3) is 0 Å². The zero-order chi connectivity index (χ0) is 8.97. The van der Waals surface area contributed by atoms with Crippen molar-refractivity contribution in [3.63, 3.8) is 0 Å². The van der Waals surface area contributed by atoms with Gasteiger partial charge >= 0.3 is 5.97 Å². The number of esters is 1. The summed E-state index contributed by atoms with van der Waals surface area (Å²) < 4.78 is 9.78. The van der Waals surface area contributed by atoms with Gasteiger partial charge in [0.1, 0.15) is 0 Å². The molecule has 1 heterocycles. The van der Waals surface area contributed by atoms with E-state index >= 15 is 0 Å². The van der Waals surface area contributed by atoms with Gasteiger partial charge in [0, 0.05) is 12.0 Å². The molecule has 0 N–H and O–H groups in total. The van der Waals surface area contributed by atoms with Crippen LogP contribution in [-0.2, 0) is 14.3 Å². The molecule has 1 atom stereocenters. The lowest BCUT2D eigenvalue weighted by Gasteiger charge is -2.21. The maximum absolute atomic E-state index is 10.9. The SMILES string of the molecule is COC(=O)/C=C1/CCOCC1C. The molecule has 0 bridgehead atoms. The van der Waals surface area contributed by atoms with Crippen LogP contribution in [0.4, 0.5) is 0 Å². The van der Waals surface area contributed by atoms with Crippen LogP contribution in [0.15, 0.2) is 11.6 Å². The first-order chi connectivity index (χ1) is 5.74. The van der Waals surface area contributed by atoms with Gasteiger partial charge in [-0.3, -0.25) is 0 Å². The van der Waals surface area contributed by atoms with E-state index in [0.29, 0.717) is 19.1 Å². The van der Waals surface area contributed by atoms with E-state index in [4.69, 9.17) is 4.74 Å². The summed E-state index contributed by atoms with van der Waals surface area (Å²) in [6.07, 6.45) is 2.42. The van der Waals surface area contributed by atoms with E-state index in [9.17, 15) is 4.79 Å². The monoisotopic (exact) mass is 170 g/mol. The molecule has 0 aromatic carbocycles. The zero-order valence-corrected chi connectivity index (χ0v) is 7.50. The summed E-state index contributed by atoms with van der Waals surface area (Å²) in [7, 11) is 1.39. The first kappa shape index (κ1) is 9.26. The van der Waals surface area contributed by atoms with Crippen molar-refractivity contribution < 1.29 is 14.3 Å². The summed E-state index contributed by atoms with van der Waals surface area (Å²) in [4.78, 5) is 10.9. The Morgan fingerprint density at radius 2 is 2.50 bits per heavy atom. The van der Waals surface area contributed by atoms with Gasteiger partial charge in [-0.05, 0) is 6.42 Å². The van der Waals surface area contributed by atoms with Gasteiger partial charge in [-0.1, -0.05) is 12.5 Å². The molecule has 0 saturated carbocycles. The van der Waals surface area contributed by atoms with Gasteiger partial charge in [0.2, 0.25) is 0 Å². The number of carbonyl (C=O) groups excluding carboxylic acids is 1. The van der Waals surface area contributed by atoms with Crippen molar-refractivity contribution in [3.05, 3.63) is 11.6 Å². The van der Waals surface area contributed by atoms with E-state index in [-0.39, 0.29) is 5.97 Å². The third-order valence-electron chi connectivity index (χ3n) is 2.04. The first-order valence-electron chi connectivity index (χ1n) is 4.10. The van der Waals surface area contributed by atoms with Gasteiger partial charge in [0.05, 0.1) is 20.3 Å². The van der Waals surface area contributed by atoms with Crippen molar-refractivity contribution in [2.45, 2.75) is 13.3 Å². The first-order valence-corrected chi connectivity index (χ1v) is 4.10. The molecule has 0 aromatic rings. The van der Waals surface area contributed by atoms with Gasteiger partial charge in [-0.2, -0.15) is 0 Å². The largest absolute Gasteiger partial charge is 0.466 e. The minimum atomic E-state index is -0.265. The van der Waals surface area contributed by atoms with Crippen molar-refractivity contribution in [2.75, 3.05) is 20.3 Å². The quantitative estimate of drug-likeness (QED) is 0.437. The second-order valence-corrected chi connectivity index (χ2v) is 2.97. The van der Waals surface area contributed by atoms with Crippen LogP contribution in [0.1, 0.15) is 13.3 Å². The Kier molecular flexibility index (Phi) is 3.29. The summed E-state index contributed by atoms with van der Waals surface area (Å²) in [6.45, 7) is 3.48. The topological polar surface area (TPSA) is 35.5 Å². The maximum atomic E-state index is 10.9. The molecule has 68 valence electrons. The summed E-state index contributed by atoms with van der Waals surface area (Å²) in [5, 5.41) is 0. The Balaban J connectivity index is 2.58. The number of carbonyl (C=O) groups is 1. The lowest BCUT2D eigenvalue weighted by Crippen LogP contribution is -2.18. The predicted octanol–water partition coefficient (Wildman–Crippen LogP) is 1.14. The van der Waals surface area contributed by atoms with E-state index in [1.54, 1.807) is 6.08 Å². The maximum Gasteiger partial charge on any atom is 0.330 e. The van der Waals surface area contributed by atoms with Crippen LogP contribution in [0, 0.1) is 5.92 Å². The molecule has 1 unspecified atom stereocenters. The molecule has 3 heteroatoms. The van der Waals surface area contributed by atoms with Crippen LogP contribution in [-0.4, -0.2) is 26.3 Å². The van der Waals surface area contributed by atoms with Crippen LogP contribution in [0.2, 0.25) is 0 Å². The molecule has 12 heavy (non-hydrogen) atoms. The van der Waals surface area contributed by atoms with Crippen molar-refractivity contribution in [2.24, 2.45) is 5.92 Å². The molecular formula is C9H14O3. The van der Waals surface area contributed by atoms with Crippen molar-refractivity contribution in [3.8, 4) is 0 Å². The third-order valence-corrected chi connectivity index (χ3v) is 2.04. The highest BCUT2D eigenvalue weighted by Crippen LogP contribution is 2.19. The fourth-order valence-electron chi connectivity index (χ4n) is 1.23. The van der Waals surface area contributed by atoms with Gasteiger partial charge in [-0.25, -0.2) is 4.79 Å². The minimum absolute atomic E-state index is 0.265. The molecule has 1 rings (SSSR count). The molecule has 0 aliphatic carbocycles. The Morgan fingerprint density at radius 3 is 3.08 bits per heavy atom. The number of ether oxygens (including phenoxy) is 2. The highest BCUT2D eigenvalue weighted by atomic mass is 16.5. The normalized spacial score (nSPS) is 27.2. The molecule has 1 fully saturated rings. The van der Waals surface area contributed by atoms with Crippen molar-refractivity contribution in [1.82, 2.24) is 0 Å². The average Bonchev–Trinajstić information content (AvgIpc) is 2.09. The van der Waals surface area contributed by atoms with E-state index in [0.717, 1.165) is 12.0 Å². The van der Waals surface area contributed by atoms with Crippen LogP contribution in [0.5, 0.6) is 0 Å². The minimum Gasteiger partial charge on any atom is -0.466 e. The molecule has 3 nitrogen and oxygen atoms in total. The van der Waals surface area contributed by atoms with Gasteiger partial charge < -0.3 is 9.47 Å². The highest BCUT2D eigenvalue weighted by Gasteiger charge is 2.15. The molecule has 0 spiro atoms. The fraction of sp³-hybridized carbons (Fsp3) is 0.667. The van der Waals surface area contributed by atoms with E-state index in [1.165, 1.54) is 7.11 Å². The lowest BCUT2D eigenvalue weighted by atomic mass is 9.97. The number of hydrogen-bond donors (Lipinski definition) is 0. The summed E-state index contributed by atoms with van der Waals surface area (Å²) >= 11 is 0. The van der Waals surface area contributed by atoms with E-state index in [1.807, 2.05) is 6.92 Å². The molecule has 0 aromatic heterocycles. The standard InChI is InChI=1S/C9H14O3/c1-7-6-12-4-3-8(7)5-9(10)11-2/h5,7H,3-4,6H2,1-2H3/b8-5-. The molecule has 1 aliphatic rings. The summed E-state index contributed by atoms with van der Waals surface area (Å²) in [5.41, 5.74) is 1.13. The number of rotatable bonds is 1. The third kappa shape index (κ3) is 2.34. The van der Waals surface area contributed by atoms with Gasteiger partial charge in [0.25, 0.3) is 0 Å². The molecular weight excluding hydrogens is 156 g/mol. The Bertz CT molecular complexity index is 196. The fourth-order valence-corrected chi connectivity index (χ4v) is 1.23. The van der Waals surface area contributed by atoms with Crippen LogP contribution < -0.4 is 0 Å². The second kappa shape index (κ2) is 4.26. The zero-order valence-electron chi connectivity index (χ0n) is 7.50. The number of methoxy groups -OCH3 is 1. The predicted molar refractivity (Wildman–Crippen MR) is 44.7 cm³/mol. The summed E-state index contributed by atoms with van der Waals surface area (Å²) in [6, 6.07) is 0. The molecule has 0 radical (unpaired) electrons. The Morgan fingerprint density at radius 1 is 1.75 bits per heavy atom. The Hall–Kier alpha value is -0.830. The van der Waals surface area contributed by atoms with Crippen LogP contribution >= 0.6 is 0 Å². The van der Waals surface area contributed by atoms with E-state index < -0.39 is 0 Å². The van der Waals surface area contributed by atoms with Crippen LogP contribution in [0.3, 0.4) is 0 Å². The summed E-state index contributed by atoms with van der Waals surface area (Å²) in [5.74, 6) is 0.0802. The van der Waals surface area contributed by atoms with Crippen molar-refractivity contribution >= 4 is 5.97 Å². The molecule has 0 amide bonds. The average molecular weight is 170 g/mol. The van der Waals surface area contributed by atoms with Crippen molar-refractivity contribution in [1.29, 1.82) is 0 Å². The van der Waals surface area contributed by atoms with Gasteiger partial charge in [0.15, 0.2) is 0 Å². The van der Waals surface area contributed by atoms with Gasteiger partial charge in [-0.15, -0.1) is 0 Å². The van der Waals surface area contributed by atoms with E-state index in [2.05, 4.69) is 4.74 Å². The highest BCUT2D eigenvalue weighted by molar-refractivity contribution is 5.82. The number of hydrogen-bond acceptors (Lipinski definition) is 3. The smallest absolute Gasteiger partial charge is 0.330 e. The second-order valence-electron chi connectivity index (χ2n) is 2.97. The molecule has 1 saturated heterocycles.